The fraction of sp³-hybridized carbons (Fsp3) is 0.174. The van der Waals surface area contributed by atoms with Crippen LogP contribution in [0.1, 0.15) is 5.76 Å². The van der Waals surface area contributed by atoms with E-state index in [-0.39, 0.29) is 24.5 Å². The Kier molecular flexibility index (Phi) is 5.34. The van der Waals surface area contributed by atoms with Crippen LogP contribution in [-0.2, 0) is 27.4 Å². The highest BCUT2D eigenvalue weighted by atomic mass is 16.5. The second kappa shape index (κ2) is 8.24. The highest BCUT2D eigenvalue weighted by molar-refractivity contribution is 5.94. The monoisotopic (exact) mass is 404 g/mol. The van der Waals surface area contributed by atoms with Crippen LogP contribution in [0.4, 0.5) is 0 Å². The number of ether oxygens (including phenoxy) is 1. The highest BCUT2D eigenvalue weighted by Gasteiger charge is 2.16. The molecule has 0 N–H and O–H groups in total. The lowest BCUT2D eigenvalue weighted by molar-refractivity contribution is -0.152. The van der Waals surface area contributed by atoms with Crippen molar-refractivity contribution in [2.75, 3.05) is 13.7 Å². The summed E-state index contributed by atoms with van der Waals surface area (Å²) in [7, 11) is 1.61. The summed E-state index contributed by atoms with van der Waals surface area (Å²) in [6, 6.07) is 17.8. The van der Waals surface area contributed by atoms with Crippen LogP contribution in [0.15, 0.2) is 76.1 Å². The van der Waals surface area contributed by atoms with Crippen LogP contribution in [0, 0.1) is 0 Å². The molecule has 0 saturated heterocycles. The van der Waals surface area contributed by atoms with Crippen LogP contribution in [0.2, 0.25) is 0 Å². The Morgan fingerprint density at radius 3 is 2.20 bits per heavy atom. The fourth-order valence-electron chi connectivity index (χ4n) is 3.40. The van der Waals surface area contributed by atoms with Crippen LogP contribution in [-0.4, -0.2) is 35.0 Å². The number of hydrogen-bond acceptors (Lipinski definition) is 5. The van der Waals surface area contributed by atoms with Crippen molar-refractivity contribution in [1.29, 1.82) is 0 Å². The molecule has 0 saturated carbocycles. The first-order valence-electron chi connectivity index (χ1n) is 9.47. The zero-order valence-electron chi connectivity index (χ0n) is 16.4. The molecule has 4 aromatic rings. The van der Waals surface area contributed by atoms with Crippen molar-refractivity contribution in [1.82, 2.24) is 9.47 Å². The number of rotatable bonds is 6. The van der Waals surface area contributed by atoms with Crippen LogP contribution in [0.25, 0.3) is 21.8 Å². The van der Waals surface area contributed by atoms with Crippen molar-refractivity contribution >= 4 is 33.7 Å². The molecule has 2 heterocycles. The van der Waals surface area contributed by atoms with E-state index in [1.165, 1.54) is 11.2 Å². The van der Waals surface area contributed by atoms with Gasteiger partial charge in [-0.25, -0.2) is 0 Å². The number of aromatic nitrogens is 1. The second-order valence-electron chi connectivity index (χ2n) is 6.94. The van der Waals surface area contributed by atoms with Crippen LogP contribution >= 0.6 is 0 Å². The number of benzene rings is 2. The molecule has 7 heteroatoms. The van der Waals surface area contributed by atoms with E-state index in [0.29, 0.717) is 34.1 Å². The molecule has 0 bridgehead atoms. The number of carbonyl (C=O) groups is 2. The molecule has 0 fully saturated rings. The van der Waals surface area contributed by atoms with E-state index < -0.39 is 5.97 Å². The maximum Gasteiger partial charge on any atom is 0.326 e. The summed E-state index contributed by atoms with van der Waals surface area (Å²) in [5.74, 6) is -0.258. The molecule has 2 aromatic carbocycles. The van der Waals surface area contributed by atoms with Crippen molar-refractivity contribution < 1.29 is 18.7 Å². The maximum atomic E-state index is 12.8. The number of nitrogens with zero attached hydrogens (tertiary/aromatic N) is 2. The number of carbonyl (C=O) groups excluding carboxylic acids is 2. The van der Waals surface area contributed by atoms with Gasteiger partial charge in [0.05, 0.1) is 23.8 Å². The van der Waals surface area contributed by atoms with Crippen molar-refractivity contribution in [2.45, 2.75) is 13.1 Å². The smallest absolute Gasteiger partial charge is 0.326 e. The minimum atomic E-state index is -0.561. The third kappa shape index (κ3) is 3.82. The molecule has 1 amide bonds. The van der Waals surface area contributed by atoms with Crippen molar-refractivity contribution in [2.24, 2.45) is 0 Å². The zero-order chi connectivity index (χ0) is 21.1. The Morgan fingerprint density at radius 2 is 1.60 bits per heavy atom. The average molecular weight is 404 g/mol. The molecular formula is C23H20N2O5. The van der Waals surface area contributed by atoms with Gasteiger partial charge in [0.15, 0.2) is 12.0 Å². The first kappa shape index (κ1) is 19.4. The molecule has 30 heavy (non-hydrogen) atoms. The SMILES string of the molecule is CN(Cc1ccco1)C(=O)COC(=O)Cn1c2ccccc2c(=O)c2ccccc21. The molecule has 0 spiro atoms. The van der Waals surface area contributed by atoms with E-state index in [1.807, 2.05) is 12.1 Å². The molecule has 0 aliphatic rings. The summed E-state index contributed by atoms with van der Waals surface area (Å²) in [6.45, 7) is -0.193. The maximum absolute atomic E-state index is 12.8. The summed E-state index contributed by atoms with van der Waals surface area (Å²) in [5, 5.41) is 1.05. The van der Waals surface area contributed by atoms with Gasteiger partial charge >= 0.3 is 5.97 Å². The molecule has 0 unspecified atom stereocenters. The molecule has 0 atom stereocenters. The molecule has 2 aromatic heterocycles. The summed E-state index contributed by atoms with van der Waals surface area (Å²) in [4.78, 5) is 39.0. The van der Waals surface area contributed by atoms with Gasteiger partial charge in [0.25, 0.3) is 5.91 Å². The number of para-hydroxylation sites is 2. The van der Waals surface area contributed by atoms with Crippen LogP contribution in [0.3, 0.4) is 0 Å². The van der Waals surface area contributed by atoms with E-state index >= 15 is 0 Å². The lowest BCUT2D eigenvalue weighted by atomic mass is 10.1. The number of likely N-dealkylation sites (N-methyl/N-ethyl adjacent to an activating group) is 1. The first-order chi connectivity index (χ1) is 14.5. The molecule has 0 radical (unpaired) electrons. The van der Waals surface area contributed by atoms with Crippen LogP contribution < -0.4 is 5.43 Å². The van der Waals surface area contributed by atoms with Gasteiger partial charge in [-0.1, -0.05) is 24.3 Å². The lowest BCUT2D eigenvalue weighted by Gasteiger charge is -2.17. The van der Waals surface area contributed by atoms with Gasteiger partial charge in [-0.2, -0.15) is 0 Å². The predicted octanol–water partition coefficient (Wildman–Crippen LogP) is 2.95. The van der Waals surface area contributed by atoms with E-state index in [0.717, 1.165) is 0 Å². The van der Waals surface area contributed by atoms with Gasteiger partial charge in [0.2, 0.25) is 0 Å². The normalized spacial score (nSPS) is 11.0. The Labute approximate surface area is 172 Å². The largest absolute Gasteiger partial charge is 0.467 e. The minimum Gasteiger partial charge on any atom is -0.467 e. The van der Waals surface area contributed by atoms with E-state index in [2.05, 4.69) is 0 Å². The molecule has 0 aliphatic carbocycles. The van der Waals surface area contributed by atoms with Gasteiger partial charge in [0.1, 0.15) is 12.3 Å². The van der Waals surface area contributed by atoms with Gasteiger partial charge < -0.3 is 18.6 Å². The number of fused-ring (bicyclic) bond motifs is 2. The third-order valence-electron chi connectivity index (χ3n) is 4.92. The molecule has 0 aliphatic heterocycles. The summed E-state index contributed by atoms with van der Waals surface area (Å²) in [6.07, 6.45) is 1.53. The van der Waals surface area contributed by atoms with Crippen molar-refractivity contribution in [3.8, 4) is 0 Å². The Balaban J connectivity index is 1.52. The van der Waals surface area contributed by atoms with E-state index in [9.17, 15) is 14.4 Å². The predicted molar refractivity (Wildman–Crippen MR) is 112 cm³/mol. The molecule has 7 nitrogen and oxygen atoms in total. The second-order valence-corrected chi connectivity index (χ2v) is 6.94. The number of amides is 1. The molecule has 4 rings (SSSR count). The van der Waals surface area contributed by atoms with Crippen molar-refractivity contribution in [3.05, 3.63) is 82.9 Å². The topological polar surface area (TPSA) is 81.8 Å². The van der Waals surface area contributed by atoms with E-state index in [1.54, 1.807) is 60.1 Å². The number of pyridine rings is 1. The summed E-state index contributed by atoms with van der Waals surface area (Å²) < 4.78 is 12.2. The van der Waals surface area contributed by atoms with Gasteiger partial charge in [-0.3, -0.25) is 14.4 Å². The number of hydrogen-bond donors (Lipinski definition) is 0. The Morgan fingerprint density at radius 1 is 0.967 bits per heavy atom. The number of furan rings is 1. The van der Waals surface area contributed by atoms with Crippen LogP contribution in [0.5, 0.6) is 0 Å². The zero-order valence-corrected chi connectivity index (χ0v) is 16.4. The molecule has 152 valence electrons. The van der Waals surface area contributed by atoms with E-state index in [4.69, 9.17) is 9.15 Å². The van der Waals surface area contributed by atoms with Gasteiger partial charge in [0, 0.05) is 17.8 Å². The summed E-state index contributed by atoms with van der Waals surface area (Å²) >= 11 is 0. The van der Waals surface area contributed by atoms with Crippen molar-refractivity contribution in [3.63, 3.8) is 0 Å². The highest BCUT2D eigenvalue weighted by Crippen LogP contribution is 2.19. The van der Waals surface area contributed by atoms with Gasteiger partial charge in [-0.05, 0) is 36.4 Å². The summed E-state index contributed by atoms with van der Waals surface area (Å²) in [5.41, 5.74) is 1.19. The Bertz CT molecular complexity index is 1210. The fourth-order valence-corrected chi connectivity index (χ4v) is 3.40. The molecular weight excluding hydrogens is 384 g/mol. The number of esters is 1. The lowest BCUT2D eigenvalue weighted by Crippen LogP contribution is -2.31. The van der Waals surface area contributed by atoms with Gasteiger partial charge in [-0.15, -0.1) is 0 Å². The first-order valence-corrected chi connectivity index (χ1v) is 9.47. The Hall–Kier alpha value is -3.87. The quantitative estimate of drug-likeness (QED) is 0.365. The standard InChI is InChI=1S/C23H20N2O5/c1-24(13-16-7-6-12-29-16)21(26)15-30-22(27)14-25-19-10-4-2-8-17(19)23(28)18-9-3-5-11-20(18)25/h2-12H,13-15H2,1H3. The average Bonchev–Trinajstić information content (AvgIpc) is 3.28. The minimum absolute atomic E-state index is 0.0828. The third-order valence-corrected chi connectivity index (χ3v) is 4.92.